The summed E-state index contributed by atoms with van der Waals surface area (Å²) in [5, 5.41) is 5.63. The van der Waals surface area contributed by atoms with E-state index in [1.807, 2.05) is 0 Å². The Morgan fingerprint density at radius 2 is 2.12 bits per heavy atom. The molecule has 2 aliphatic rings. The van der Waals surface area contributed by atoms with Gasteiger partial charge in [-0.05, 0) is 37.8 Å². The Labute approximate surface area is 147 Å². The number of nitrogens with one attached hydrogen (secondary N) is 2. The van der Waals surface area contributed by atoms with Gasteiger partial charge in [0, 0.05) is 12.2 Å². The number of rotatable bonds is 4. The molecule has 7 nitrogen and oxygen atoms in total. The number of carbonyl (C=O) groups excluding carboxylic acids is 3. The van der Waals surface area contributed by atoms with E-state index in [9.17, 15) is 14.4 Å². The van der Waals surface area contributed by atoms with Gasteiger partial charge < -0.3 is 10.6 Å². The first kappa shape index (κ1) is 17.4. The largest absolute Gasteiger partial charge is 0.352 e. The zero-order valence-electron chi connectivity index (χ0n) is 14.6. The molecular weight excluding hydrogens is 320 g/mol. The summed E-state index contributed by atoms with van der Waals surface area (Å²) in [5.74, 6) is -0.338. The molecule has 2 fully saturated rings. The molecule has 0 radical (unpaired) electrons. The second kappa shape index (κ2) is 6.82. The number of hydrogen-bond acceptors (Lipinski definition) is 4. The average Bonchev–Trinajstić information content (AvgIpc) is 2.82. The Morgan fingerprint density at radius 3 is 2.80 bits per heavy atom. The molecule has 0 spiro atoms. The van der Waals surface area contributed by atoms with Crippen LogP contribution in [0.25, 0.3) is 0 Å². The summed E-state index contributed by atoms with van der Waals surface area (Å²) in [7, 11) is 0. The fourth-order valence-electron chi connectivity index (χ4n) is 3.60. The smallest absolute Gasteiger partial charge is 0.325 e. The van der Waals surface area contributed by atoms with Crippen molar-refractivity contribution in [1.82, 2.24) is 20.5 Å². The van der Waals surface area contributed by atoms with Gasteiger partial charge in [-0.15, -0.1) is 0 Å². The van der Waals surface area contributed by atoms with Crippen molar-refractivity contribution in [2.24, 2.45) is 5.92 Å². The van der Waals surface area contributed by atoms with E-state index in [1.54, 1.807) is 31.3 Å². The molecule has 2 heterocycles. The highest BCUT2D eigenvalue weighted by Crippen LogP contribution is 2.27. The number of pyridine rings is 1. The van der Waals surface area contributed by atoms with E-state index < -0.39 is 17.5 Å². The molecule has 0 unspecified atom stereocenters. The third-order valence-electron chi connectivity index (χ3n) is 5.21. The maximum Gasteiger partial charge on any atom is 0.325 e. The van der Waals surface area contributed by atoms with Crippen molar-refractivity contribution < 1.29 is 14.4 Å². The monoisotopic (exact) mass is 344 g/mol. The number of aromatic nitrogens is 1. The van der Waals surface area contributed by atoms with E-state index in [0.717, 1.165) is 24.2 Å². The van der Waals surface area contributed by atoms with Crippen molar-refractivity contribution in [3.05, 3.63) is 30.1 Å². The van der Waals surface area contributed by atoms with Crippen LogP contribution in [0.2, 0.25) is 0 Å². The van der Waals surface area contributed by atoms with E-state index in [0.29, 0.717) is 11.6 Å². The zero-order chi connectivity index (χ0) is 18.0. The highest BCUT2D eigenvalue weighted by molar-refractivity contribution is 6.08. The van der Waals surface area contributed by atoms with Gasteiger partial charge in [0.05, 0.1) is 5.69 Å². The SMILES string of the molecule is C[C@@H]1CCCC[C@@H]1NC(=O)CN1C(=O)N[C@](C)(c2ccccn2)C1=O. The minimum absolute atomic E-state index is 0.115. The molecule has 1 saturated carbocycles. The lowest BCUT2D eigenvalue weighted by Gasteiger charge is -2.30. The number of hydrogen-bond donors (Lipinski definition) is 2. The van der Waals surface area contributed by atoms with Gasteiger partial charge in [-0.25, -0.2) is 4.79 Å². The molecular formula is C18H24N4O3. The molecule has 1 aliphatic heterocycles. The molecule has 3 atom stereocenters. The fourth-order valence-corrected chi connectivity index (χ4v) is 3.60. The van der Waals surface area contributed by atoms with Crippen LogP contribution in [0.15, 0.2) is 24.4 Å². The quantitative estimate of drug-likeness (QED) is 0.811. The third kappa shape index (κ3) is 3.36. The summed E-state index contributed by atoms with van der Waals surface area (Å²) in [6.07, 6.45) is 5.88. The van der Waals surface area contributed by atoms with Crippen molar-refractivity contribution in [3.63, 3.8) is 0 Å². The Bertz CT molecular complexity index is 678. The van der Waals surface area contributed by atoms with Crippen LogP contribution in [0.4, 0.5) is 4.79 Å². The van der Waals surface area contributed by atoms with E-state index in [4.69, 9.17) is 0 Å². The van der Waals surface area contributed by atoms with Crippen LogP contribution in [-0.2, 0) is 15.1 Å². The van der Waals surface area contributed by atoms with Gasteiger partial charge in [-0.2, -0.15) is 0 Å². The topological polar surface area (TPSA) is 91.4 Å². The van der Waals surface area contributed by atoms with Gasteiger partial charge in [0.1, 0.15) is 6.54 Å². The molecule has 0 aromatic carbocycles. The van der Waals surface area contributed by atoms with E-state index in [2.05, 4.69) is 22.5 Å². The van der Waals surface area contributed by atoms with E-state index in [1.165, 1.54) is 6.42 Å². The van der Waals surface area contributed by atoms with Crippen molar-refractivity contribution in [2.75, 3.05) is 6.54 Å². The summed E-state index contributed by atoms with van der Waals surface area (Å²) in [6, 6.07) is 4.73. The molecule has 4 amide bonds. The lowest BCUT2D eigenvalue weighted by atomic mass is 9.86. The molecule has 25 heavy (non-hydrogen) atoms. The molecule has 3 rings (SSSR count). The van der Waals surface area contributed by atoms with E-state index in [-0.39, 0.29) is 18.5 Å². The summed E-state index contributed by atoms with van der Waals surface area (Å²) < 4.78 is 0. The Hall–Kier alpha value is -2.44. The van der Waals surface area contributed by atoms with Gasteiger partial charge in [-0.3, -0.25) is 19.5 Å². The summed E-state index contributed by atoms with van der Waals surface area (Å²) >= 11 is 0. The molecule has 1 aromatic heterocycles. The average molecular weight is 344 g/mol. The second-order valence-electron chi connectivity index (χ2n) is 7.10. The van der Waals surface area contributed by atoms with Crippen LogP contribution in [0, 0.1) is 5.92 Å². The van der Waals surface area contributed by atoms with Gasteiger partial charge >= 0.3 is 6.03 Å². The van der Waals surface area contributed by atoms with Crippen molar-refractivity contribution in [2.45, 2.75) is 51.1 Å². The normalized spacial score (nSPS) is 29.4. The minimum atomic E-state index is -1.24. The molecule has 1 aromatic rings. The summed E-state index contributed by atoms with van der Waals surface area (Å²) in [6.45, 7) is 3.46. The molecule has 134 valence electrons. The number of nitrogens with zero attached hydrogens (tertiary/aromatic N) is 2. The highest BCUT2D eigenvalue weighted by atomic mass is 16.2. The molecule has 1 aliphatic carbocycles. The number of urea groups is 1. The summed E-state index contributed by atoms with van der Waals surface area (Å²) in [5.41, 5.74) is -0.784. The predicted octanol–water partition coefficient (Wildman–Crippen LogP) is 1.54. The minimum Gasteiger partial charge on any atom is -0.352 e. The van der Waals surface area contributed by atoms with Crippen LogP contribution >= 0.6 is 0 Å². The van der Waals surface area contributed by atoms with Gasteiger partial charge in [-0.1, -0.05) is 25.8 Å². The molecule has 1 saturated heterocycles. The second-order valence-corrected chi connectivity index (χ2v) is 7.10. The van der Waals surface area contributed by atoms with Crippen molar-refractivity contribution in [1.29, 1.82) is 0 Å². The maximum absolute atomic E-state index is 12.8. The van der Waals surface area contributed by atoms with Crippen LogP contribution in [0.5, 0.6) is 0 Å². The van der Waals surface area contributed by atoms with Crippen LogP contribution in [0.3, 0.4) is 0 Å². The Kier molecular flexibility index (Phi) is 4.74. The molecule has 2 N–H and O–H groups in total. The zero-order valence-corrected chi connectivity index (χ0v) is 14.6. The van der Waals surface area contributed by atoms with Gasteiger partial charge in [0.2, 0.25) is 5.91 Å². The standard InChI is InChI=1S/C18H24N4O3/c1-12-7-3-4-8-13(12)20-15(23)11-22-16(24)18(2,21-17(22)25)14-9-5-6-10-19-14/h5-6,9-10,12-13H,3-4,7-8,11H2,1-2H3,(H,20,23)(H,21,25)/t12-,13+,18-/m1/s1. The number of carbonyl (C=O) groups is 3. The lowest BCUT2D eigenvalue weighted by Crippen LogP contribution is -2.47. The van der Waals surface area contributed by atoms with Crippen LogP contribution in [0.1, 0.15) is 45.2 Å². The lowest BCUT2D eigenvalue weighted by molar-refractivity contribution is -0.135. The first-order valence-corrected chi connectivity index (χ1v) is 8.77. The third-order valence-corrected chi connectivity index (χ3v) is 5.21. The van der Waals surface area contributed by atoms with Gasteiger partial charge in [0.15, 0.2) is 5.54 Å². The number of amides is 4. The van der Waals surface area contributed by atoms with Gasteiger partial charge in [0.25, 0.3) is 5.91 Å². The Balaban J connectivity index is 1.67. The maximum atomic E-state index is 12.8. The van der Waals surface area contributed by atoms with Crippen LogP contribution in [-0.4, -0.2) is 40.3 Å². The van der Waals surface area contributed by atoms with Crippen molar-refractivity contribution in [3.8, 4) is 0 Å². The molecule has 7 heteroatoms. The predicted molar refractivity (Wildman–Crippen MR) is 91.4 cm³/mol. The van der Waals surface area contributed by atoms with Crippen molar-refractivity contribution >= 4 is 17.8 Å². The van der Waals surface area contributed by atoms with E-state index >= 15 is 0 Å². The summed E-state index contributed by atoms with van der Waals surface area (Å²) in [4.78, 5) is 42.5. The molecule has 0 bridgehead atoms. The Morgan fingerprint density at radius 1 is 1.36 bits per heavy atom. The fraction of sp³-hybridized carbons (Fsp3) is 0.556. The van der Waals surface area contributed by atoms with Crippen LogP contribution < -0.4 is 10.6 Å². The first-order valence-electron chi connectivity index (χ1n) is 8.77. The number of imide groups is 1. The first-order chi connectivity index (χ1) is 11.9. The highest BCUT2D eigenvalue weighted by Gasteiger charge is 2.50.